The third-order valence-corrected chi connectivity index (χ3v) is 2.28. The Morgan fingerprint density at radius 3 is 2.57 bits per heavy atom. The van der Waals surface area contributed by atoms with Gasteiger partial charge in [-0.2, -0.15) is 13.2 Å². The molecule has 1 heterocycles. The molecule has 1 saturated heterocycles. The number of hydrogen-bond donors (Lipinski definition) is 1. The molecule has 1 aliphatic heterocycles. The normalized spacial score (nSPS) is 25.6. The van der Waals surface area contributed by atoms with Crippen molar-refractivity contribution in [2.75, 3.05) is 6.67 Å². The molecule has 2 unspecified atom stereocenters. The third kappa shape index (κ3) is 2.60. The van der Waals surface area contributed by atoms with Crippen LogP contribution in [0, 0.1) is 0 Å². The van der Waals surface area contributed by atoms with E-state index in [-0.39, 0.29) is 18.6 Å². The summed E-state index contributed by atoms with van der Waals surface area (Å²) in [4.78, 5) is 12.5. The molecule has 1 aliphatic rings. The van der Waals surface area contributed by atoms with Crippen molar-refractivity contribution in [1.29, 1.82) is 0 Å². The first-order chi connectivity index (χ1) is 6.31. The van der Waals surface area contributed by atoms with Gasteiger partial charge < -0.3 is 4.90 Å². The standard InChI is InChI=1S/C8H13F3N2O/c1-5(3-8(9,10)11)13-4-12-6(2)7(13)14/h5-6,12H,3-4H2,1-2H3. The summed E-state index contributed by atoms with van der Waals surface area (Å²) >= 11 is 0. The average Bonchev–Trinajstić information content (AvgIpc) is 2.29. The lowest BCUT2D eigenvalue weighted by Gasteiger charge is -2.24. The maximum absolute atomic E-state index is 12.0. The molecular weight excluding hydrogens is 197 g/mol. The lowest BCUT2D eigenvalue weighted by atomic mass is 10.2. The lowest BCUT2D eigenvalue weighted by Crippen LogP contribution is -2.39. The quantitative estimate of drug-likeness (QED) is 0.740. The van der Waals surface area contributed by atoms with Gasteiger partial charge in [-0.3, -0.25) is 10.1 Å². The summed E-state index contributed by atoms with van der Waals surface area (Å²) in [6.07, 6.45) is -5.17. The maximum atomic E-state index is 12.0. The van der Waals surface area contributed by atoms with Gasteiger partial charge in [0.15, 0.2) is 0 Å². The molecule has 0 bridgehead atoms. The van der Waals surface area contributed by atoms with Crippen LogP contribution in [0.4, 0.5) is 13.2 Å². The van der Waals surface area contributed by atoms with Crippen LogP contribution >= 0.6 is 0 Å². The van der Waals surface area contributed by atoms with E-state index in [2.05, 4.69) is 5.32 Å². The Balaban J connectivity index is 2.54. The summed E-state index contributed by atoms with van der Waals surface area (Å²) in [6.45, 7) is 3.25. The van der Waals surface area contributed by atoms with E-state index in [4.69, 9.17) is 0 Å². The third-order valence-electron chi connectivity index (χ3n) is 2.28. The van der Waals surface area contributed by atoms with Crippen molar-refractivity contribution in [2.24, 2.45) is 0 Å². The van der Waals surface area contributed by atoms with Gasteiger partial charge in [0.2, 0.25) is 5.91 Å². The van der Waals surface area contributed by atoms with Gasteiger partial charge in [0.05, 0.1) is 19.1 Å². The Bertz CT molecular complexity index is 229. The van der Waals surface area contributed by atoms with Gasteiger partial charge in [0.25, 0.3) is 0 Å². The molecule has 1 N–H and O–H groups in total. The van der Waals surface area contributed by atoms with Crippen LogP contribution in [0.25, 0.3) is 0 Å². The molecule has 14 heavy (non-hydrogen) atoms. The van der Waals surface area contributed by atoms with Crippen molar-refractivity contribution in [1.82, 2.24) is 10.2 Å². The summed E-state index contributed by atoms with van der Waals surface area (Å²) in [5.74, 6) is -0.262. The monoisotopic (exact) mass is 210 g/mol. The van der Waals surface area contributed by atoms with Crippen molar-refractivity contribution < 1.29 is 18.0 Å². The minimum absolute atomic E-state index is 0.206. The molecule has 0 aromatic rings. The highest BCUT2D eigenvalue weighted by Gasteiger charge is 2.37. The van der Waals surface area contributed by atoms with Gasteiger partial charge >= 0.3 is 6.18 Å². The number of amides is 1. The molecule has 2 atom stereocenters. The summed E-state index contributed by atoms with van der Waals surface area (Å²) in [5.41, 5.74) is 0. The molecule has 1 fully saturated rings. The predicted octanol–water partition coefficient (Wildman–Crippen LogP) is 1.11. The summed E-state index contributed by atoms with van der Waals surface area (Å²) < 4.78 is 36.1. The summed E-state index contributed by atoms with van der Waals surface area (Å²) in [5, 5.41) is 2.80. The molecule has 1 rings (SSSR count). The van der Waals surface area contributed by atoms with Crippen LogP contribution in [-0.2, 0) is 4.79 Å². The zero-order valence-electron chi connectivity index (χ0n) is 8.06. The molecule has 0 saturated carbocycles. The fourth-order valence-corrected chi connectivity index (χ4v) is 1.47. The largest absolute Gasteiger partial charge is 0.391 e. The van der Waals surface area contributed by atoms with Gasteiger partial charge in [-0.1, -0.05) is 0 Å². The number of alkyl halides is 3. The van der Waals surface area contributed by atoms with E-state index in [1.807, 2.05) is 0 Å². The Morgan fingerprint density at radius 2 is 2.21 bits per heavy atom. The Labute approximate surface area is 80.3 Å². The number of carbonyl (C=O) groups excluding carboxylic acids is 1. The molecule has 0 spiro atoms. The summed E-state index contributed by atoms with van der Waals surface area (Å²) in [7, 11) is 0. The highest BCUT2D eigenvalue weighted by Crippen LogP contribution is 2.24. The van der Waals surface area contributed by atoms with Crippen molar-refractivity contribution in [2.45, 2.75) is 38.5 Å². The first-order valence-electron chi connectivity index (χ1n) is 4.42. The van der Waals surface area contributed by atoms with Crippen LogP contribution in [0.5, 0.6) is 0 Å². The number of halogens is 3. The van der Waals surface area contributed by atoms with Crippen molar-refractivity contribution in [3.05, 3.63) is 0 Å². The Morgan fingerprint density at radius 1 is 1.64 bits per heavy atom. The fraction of sp³-hybridized carbons (Fsp3) is 0.875. The second-order valence-electron chi connectivity index (χ2n) is 3.56. The molecule has 3 nitrogen and oxygen atoms in total. The van der Waals surface area contributed by atoms with E-state index in [9.17, 15) is 18.0 Å². The highest BCUT2D eigenvalue weighted by molar-refractivity contribution is 5.83. The second-order valence-corrected chi connectivity index (χ2v) is 3.56. The highest BCUT2D eigenvalue weighted by atomic mass is 19.4. The van der Waals surface area contributed by atoms with Gasteiger partial charge in [0.1, 0.15) is 0 Å². The first kappa shape index (κ1) is 11.3. The smallest absolute Gasteiger partial charge is 0.326 e. The number of nitrogens with zero attached hydrogens (tertiary/aromatic N) is 1. The van der Waals surface area contributed by atoms with Gasteiger partial charge in [-0.15, -0.1) is 0 Å². The maximum Gasteiger partial charge on any atom is 0.391 e. The van der Waals surface area contributed by atoms with E-state index in [1.165, 1.54) is 11.8 Å². The van der Waals surface area contributed by atoms with Crippen molar-refractivity contribution in [3.8, 4) is 0 Å². The Hall–Kier alpha value is -0.780. The number of hydrogen-bond acceptors (Lipinski definition) is 2. The van der Waals surface area contributed by atoms with Crippen LogP contribution < -0.4 is 5.32 Å². The van der Waals surface area contributed by atoms with E-state index in [0.29, 0.717) is 0 Å². The molecule has 82 valence electrons. The molecule has 0 aromatic carbocycles. The first-order valence-corrected chi connectivity index (χ1v) is 4.42. The SMILES string of the molecule is CC1NCN(C(C)CC(F)(F)F)C1=O. The van der Waals surface area contributed by atoms with Crippen LogP contribution in [0.15, 0.2) is 0 Å². The minimum Gasteiger partial charge on any atom is -0.326 e. The molecule has 0 radical (unpaired) electrons. The van der Waals surface area contributed by atoms with E-state index < -0.39 is 18.6 Å². The van der Waals surface area contributed by atoms with Crippen molar-refractivity contribution in [3.63, 3.8) is 0 Å². The second kappa shape index (κ2) is 3.76. The fourth-order valence-electron chi connectivity index (χ4n) is 1.47. The zero-order chi connectivity index (χ0) is 10.9. The molecular formula is C8H13F3N2O. The average molecular weight is 210 g/mol. The molecule has 0 aliphatic carbocycles. The van der Waals surface area contributed by atoms with Gasteiger partial charge in [-0.05, 0) is 13.8 Å². The summed E-state index contributed by atoms with van der Waals surface area (Å²) in [6, 6.07) is -1.16. The number of nitrogens with one attached hydrogen (secondary N) is 1. The topological polar surface area (TPSA) is 32.3 Å². The molecule has 0 aromatic heterocycles. The zero-order valence-corrected chi connectivity index (χ0v) is 8.06. The van der Waals surface area contributed by atoms with Crippen LogP contribution in [0.2, 0.25) is 0 Å². The van der Waals surface area contributed by atoms with Crippen LogP contribution in [-0.4, -0.2) is 35.7 Å². The minimum atomic E-state index is -4.22. The van der Waals surface area contributed by atoms with Crippen molar-refractivity contribution >= 4 is 5.91 Å². The Kier molecular flexibility index (Phi) is 3.04. The van der Waals surface area contributed by atoms with E-state index >= 15 is 0 Å². The van der Waals surface area contributed by atoms with E-state index in [1.54, 1.807) is 6.92 Å². The van der Waals surface area contributed by atoms with Gasteiger partial charge in [-0.25, -0.2) is 0 Å². The van der Waals surface area contributed by atoms with Crippen LogP contribution in [0.1, 0.15) is 20.3 Å². The lowest BCUT2D eigenvalue weighted by molar-refractivity contribution is -0.151. The molecule has 1 amide bonds. The predicted molar refractivity (Wildman–Crippen MR) is 44.4 cm³/mol. The van der Waals surface area contributed by atoms with Crippen LogP contribution in [0.3, 0.4) is 0 Å². The number of rotatable bonds is 2. The van der Waals surface area contributed by atoms with E-state index in [0.717, 1.165) is 0 Å². The number of carbonyl (C=O) groups is 1. The molecule has 6 heteroatoms. The van der Waals surface area contributed by atoms with Gasteiger partial charge in [0, 0.05) is 6.04 Å².